The van der Waals surface area contributed by atoms with Gasteiger partial charge in [-0.2, -0.15) is 0 Å². The van der Waals surface area contributed by atoms with E-state index >= 15 is 0 Å². The lowest BCUT2D eigenvalue weighted by molar-refractivity contribution is 0.425. The Balaban J connectivity index is 1.73. The van der Waals surface area contributed by atoms with Crippen molar-refractivity contribution >= 4 is 44.4 Å². The first-order chi connectivity index (χ1) is 11.8. The molecule has 0 radical (unpaired) electrons. The maximum absolute atomic E-state index is 5.14. The first kappa shape index (κ1) is 13.3. The Kier molecular flexibility index (Phi) is 2.71. The SMILES string of the molecule is Cc1cc(N=Cc2cc3ccc4cccc5ccc(c2)c3c45)on1. The van der Waals surface area contributed by atoms with Crippen molar-refractivity contribution in [1.82, 2.24) is 5.16 Å². The van der Waals surface area contributed by atoms with Crippen LogP contribution in [0, 0.1) is 6.92 Å². The second-order valence-corrected chi connectivity index (χ2v) is 6.12. The fourth-order valence-electron chi connectivity index (χ4n) is 3.40. The molecule has 0 amide bonds. The van der Waals surface area contributed by atoms with Crippen LogP contribution in [-0.4, -0.2) is 11.4 Å². The molecule has 0 saturated heterocycles. The van der Waals surface area contributed by atoms with Gasteiger partial charge in [0.1, 0.15) is 0 Å². The second kappa shape index (κ2) is 4.90. The zero-order valence-electron chi connectivity index (χ0n) is 13.2. The molecule has 0 spiro atoms. The van der Waals surface area contributed by atoms with E-state index in [0.29, 0.717) is 5.88 Å². The quantitative estimate of drug-likeness (QED) is 0.313. The Labute approximate surface area is 138 Å². The van der Waals surface area contributed by atoms with Crippen LogP contribution in [0.4, 0.5) is 5.88 Å². The van der Waals surface area contributed by atoms with Crippen LogP contribution in [0.1, 0.15) is 11.3 Å². The van der Waals surface area contributed by atoms with E-state index < -0.39 is 0 Å². The summed E-state index contributed by atoms with van der Waals surface area (Å²) < 4.78 is 5.14. The van der Waals surface area contributed by atoms with Gasteiger partial charge < -0.3 is 4.52 Å². The Bertz CT molecular complexity index is 1150. The van der Waals surface area contributed by atoms with Crippen LogP contribution in [0.2, 0.25) is 0 Å². The van der Waals surface area contributed by atoms with Crippen LogP contribution < -0.4 is 0 Å². The number of aryl methyl sites for hydroxylation is 1. The summed E-state index contributed by atoms with van der Waals surface area (Å²) in [7, 11) is 0. The van der Waals surface area contributed by atoms with E-state index in [0.717, 1.165) is 11.3 Å². The Hall–Kier alpha value is -3.20. The number of hydrogen-bond donors (Lipinski definition) is 0. The maximum atomic E-state index is 5.14. The predicted molar refractivity (Wildman–Crippen MR) is 98.6 cm³/mol. The minimum Gasteiger partial charge on any atom is -0.336 e. The smallest absolute Gasteiger partial charge is 0.250 e. The maximum Gasteiger partial charge on any atom is 0.250 e. The van der Waals surface area contributed by atoms with E-state index in [1.165, 1.54) is 32.3 Å². The van der Waals surface area contributed by atoms with Crippen molar-refractivity contribution in [2.45, 2.75) is 6.92 Å². The first-order valence-corrected chi connectivity index (χ1v) is 7.93. The molecule has 0 aliphatic rings. The lowest BCUT2D eigenvalue weighted by atomic mass is 9.93. The summed E-state index contributed by atoms with van der Waals surface area (Å²) in [6.45, 7) is 1.89. The van der Waals surface area contributed by atoms with Crippen molar-refractivity contribution in [3.05, 3.63) is 71.9 Å². The van der Waals surface area contributed by atoms with Gasteiger partial charge in [0.15, 0.2) is 0 Å². The molecule has 0 aliphatic carbocycles. The average molecular weight is 310 g/mol. The predicted octanol–water partition coefficient (Wildman–Crippen LogP) is 5.63. The average Bonchev–Trinajstić information content (AvgIpc) is 3.03. The molecule has 114 valence electrons. The number of aliphatic imine (C=N–C) groups is 1. The molecule has 0 atom stereocenters. The number of benzene rings is 4. The summed E-state index contributed by atoms with van der Waals surface area (Å²) in [4.78, 5) is 4.38. The van der Waals surface area contributed by atoms with Crippen LogP contribution in [0.25, 0.3) is 32.3 Å². The fraction of sp³-hybridized carbons (Fsp3) is 0.0476. The summed E-state index contributed by atoms with van der Waals surface area (Å²) in [5.74, 6) is 0.526. The molecule has 24 heavy (non-hydrogen) atoms. The second-order valence-electron chi connectivity index (χ2n) is 6.12. The Morgan fingerprint density at radius 1 is 0.833 bits per heavy atom. The number of aromatic nitrogens is 1. The highest BCUT2D eigenvalue weighted by molar-refractivity contribution is 6.23. The van der Waals surface area contributed by atoms with E-state index in [9.17, 15) is 0 Å². The summed E-state index contributed by atoms with van der Waals surface area (Å²) in [5, 5.41) is 11.5. The summed E-state index contributed by atoms with van der Waals surface area (Å²) in [5.41, 5.74) is 1.88. The van der Waals surface area contributed by atoms with Crippen molar-refractivity contribution in [3.63, 3.8) is 0 Å². The largest absolute Gasteiger partial charge is 0.336 e. The third kappa shape index (κ3) is 1.98. The van der Waals surface area contributed by atoms with Crippen molar-refractivity contribution in [2.75, 3.05) is 0 Å². The van der Waals surface area contributed by atoms with Crippen molar-refractivity contribution in [2.24, 2.45) is 4.99 Å². The molecule has 4 aromatic carbocycles. The lowest BCUT2D eigenvalue weighted by Gasteiger charge is -2.11. The summed E-state index contributed by atoms with van der Waals surface area (Å²) in [6.07, 6.45) is 1.83. The molecular formula is C21H14N2O. The van der Waals surface area contributed by atoms with Gasteiger partial charge >= 0.3 is 0 Å². The van der Waals surface area contributed by atoms with E-state index in [-0.39, 0.29) is 0 Å². The van der Waals surface area contributed by atoms with Gasteiger partial charge in [-0.3, -0.25) is 0 Å². The van der Waals surface area contributed by atoms with Crippen LogP contribution in [-0.2, 0) is 0 Å². The Morgan fingerprint density at radius 3 is 2.08 bits per heavy atom. The van der Waals surface area contributed by atoms with E-state index in [1.807, 2.05) is 19.2 Å². The molecule has 5 rings (SSSR count). The van der Waals surface area contributed by atoms with Gasteiger partial charge in [0.2, 0.25) is 0 Å². The lowest BCUT2D eigenvalue weighted by Crippen LogP contribution is -1.87. The topological polar surface area (TPSA) is 38.4 Å². The van der Waals surface area contributed by atoms with Gasteiger partial charge in [-0.15, -0.1) is 0 Å². The fourth-order valence-corrected chi connectivity index (χ4v) is 3.40. The number of rotatable bonds is 2. The van der Waals surface area contributed by atoms with Crippen LogP contribution >= 0.6 is 0 Å². The van der Waals surface area contributed by atoms with Gasteiger partial charge in [0, 0.05) is 12.3 Å². The third-order valence-corrected chi connectivity index (χ3v) is 4.44. The van der Waals surface area contributed by atoms with Crippen LogP contribution in [0.3, 0.4) is 0 Å². The van der Waals surface area contributed by atoms with Crippen molar-refractivity contribution in [3.8, 4) is 0 Å². The molecule has 0 aliphatic heterocycles. The molecule has 0 bridgehead atoms. The standard InChI is InChI=1S/C21H14N2O/c1-13-9-19(24-23-13)22-12-14-10-17-7-5-15-3-2-4-16-6-8-18(11-14)21(17)20(15)16/h2-12H,1H3. The molecule has 0 unspecified atom stereocenters. The molecule has 3 nitrogen and oxygen atoms in total. The van der Waals surface area contributed by atoms with Gasteiger partial charge in [-0.05, 0) is 56.9 Å². The molecule has 0 fully saturated rings. The minimum absolute atomic E-state index is 0.526. The number of nitrogens with zero attached hydrogens (tertiary/aromatic N) is 2. The van der Waals surface area contributed by atoms with Gasteiger partial charge in [-0.25, -0.2) is 4.99 Å². The molecular weight excluding hydrogens is 296 g/mol. The van der Waals surface area contributed by atoms with Gasteiger partial charge in [0.05, 0.1) is 5.69 Å². The zero-order valence-corrected chi connectivity index (χ0v) is 13.2. The highest BCUT2D eigenvalue weighted by atomic mass is 16.5. The van der Waals surface area contributed by atoms with E-state index in [2.05, 4.69) is 64.7 Å². The van der Waals surface area contributed by atoms with E-state index in [4.69, 9.17) is 4.52 Å². The van der Waals surface area contributed by atoms with Gasteiger partial charge in [-0.1, -0.05) is 47.6 Å². The highest BCUT2D eigenvalue weighted by Gasteiger charge is 2.08. The summed E-state index contributed by atoms with van der Waals surface area (Å²) in [6, 6.07) is 21.3. The third-order valence-electron chi connectivity index (χ3n) is 4.44. The van der Waals surface area contributed by atoms with Crippen molar-refractivity contribution < 1.29 is 4.52 Å². The molecule has 0 N–H and O–H groups in total. The first-order valence-electron chi connectivity index (χ1n) is 7.93. The minimum atomic E-state index is 0.526. The molecule has 5 aromatic rings. The van der Waals surface area contributed by atoms with Gasteiger partial charge in [0.25, 0.3) is 5.88 Å². The molecule has 3 heteroatoms. The summed E-state index contributed by atoms with van der Waals surface area (Å²) >= 11 is 0. The monoisotopic (exact) mass is 310 g/mol. The zero-order chi connectivity index (χ0) is 16.1. The normalized spacial score (nSPS) is 12.2. The Morgan fingerprint density at radius 2 is 1.46 bits per heavy atom. The molecule has 1 aromatic heterocycles. The van der Waals surface area contributed by atoms with Crippen molar-refractivity contribution in [1.29, 1.82) is 0 Å². The molecule has 0 saturated carbocycles. The molecule has 1 heterocycles. The van der Waals surface area contributed by atoms with E-state index in [1.54, 1.807) is 0 Å². The highest BCUT2D eigenvalue weighted by Crippen LogP contribution is 2.34. The van der Waals surface area contributed by atoms with Crippen LogP contribution in [0.15, 0.2) is 70.2 Å². The number of hydrogen-bond acceptors (Lipinski definition) is 3. The van der Waals surface area contributed by atoms with Crippen LogP contribution in [0.5, 0.6) is 0 Å².